The maximum absolute atomic E-state index is 8.44. The van der Waals surface area contributed by atoms with Gasteiger partial charge in [-0.15, -0.1) is 11.3 Å². The lowest BCUT2D eigenvalue weighted by Crippen LogP contribution is -2.06. The maximum Gasteiger partial charge on any atom is 0.198 e. The molecule has 0 bridgehead atoms. The normalized spacial score (nSPS) is 8.90. The van der Waals surface area contributed by atoms with Gasteiger partial charge in [-0.05, 0) is 6.92 Å². The average Bonchev–Trinajstić information content (AvgIpc) is 2.34. The zero-order valence-electron chi connectivity index (χ0n) is 5.83. The summed E-state index contributed by atoms with van der Waals surface area (Å²) in [5.74, 6) is 0. The largest absolute Gasteiger partial charge is 0.258 e. The second kappa shape index (κ2) is 2.67. The van der Waals surface area contributed by atoms with E-state index in [0.29, 0.717) is 0 Å². The van der Waals surface area contributed by atoms with Gasteiger partial charge in [-0.1, -0.05) is 0 Å². The molecule has 1 heterocycles. The third-order valence-corrected chi connectivity index (χ3v) is 2.04. The van der Waals surface area contributed by atoms with E-state index in [-0.39, 0.29) is 0 Å². The molecule has 0 amide bonds. The van der Waals surface area contributed by atoms with Crippen LogP contribution >= 0.6 is 11.3 Å². The summed E-state index contributed by atoms with van der Waals surface area (Å²) in [5.41, 5.74) is 0. The van der Waals surface area contributed by atoms with Gasteiger partial charge in [-0.2, -0.15) is 5.26 Å². The van der Waals surface area contributed by atoms with E-state index in [4.69, 9.17) is 5.26 Å². The minimum absolute atomic E-state index is 0.750. The van der Waals surface area contributed by atoms with Crippen LogP contribution in [0.5, 0.6) is 0 Å². The molecule has 0 atom stereocenters. The predicted octanol–water partition coefficient (Wildman–Crippen LogP) is 1.37. The molecule has 10 heavy (non-hydrogen) atoms. The molecule has 3 nitrogen and oxygen atoms in total. The zero-order valence-corrected chi connectivity index (χ0v) is 6.64. The van der Waals surface area contributed by atoms with Crippen LogP contribution in [0.1, 0.15) is 4.88 Å². The van der Waals surface area contributed by atoms with Crippen LogP contribution in [0.25, 0.3) is 0 Å². The summed E-state index contributed by atoms with van der Waals surface area (Å²) < 4.78 is 0. The Hall–Kier alpha value is -1.08. The van der Waals surface area contributed by atoms with Crippen molar-refractivity contribution in [2.24, 2.45) is 0 Å². The second-order valence-corrected chi connectivity index (χ2v) is 3.13. The summed E-state index contributed by atoms with van der Waals surface area (Å²) in [7, 11) is 1.69. The van der Waals surface area contributed by atoms with Crippen molar-refractivity contribution in [1.29, 1.82) is 5.26 Å². The molecule has 1 rings (SSSR count). The minimum Gasteiger partial charge on any atom is -0.258 e. The molecule has 0 aliphatic rings. The summed E-state index contributed by atoms with van der Waals surface area (Å²) in [6.45, 7) is 1.96. The third-order valence-electron chi connectivity index (χ3n) is 1.05. The zero-order chi connectivity index (χ0) is 7.56. The van der Waals surface area contributed by atoms with Crippen molar-refractivity contribution in [1.82, 2.24) is 4.98 Å². The number of hydrogen-bond acceptors (Lipinski definition) is 4. The average molecular weight is 153 g/mol. The summed E-state index contributed by atoms with van der Waals surface area (Å²) in [5, 5.41) is 9.19. The van der Waals surface area contributed by atoms with Crippen molar-refractivity contribution in [3.05, 3.63) is 11.1 Å². The van der Waals surface area contributed by atoms with Crippen LogP contribution in [-0.4, -0.2) is 12.0 Å². The second-order valence-electron chi connectivity index (χ2n) is 1.91. The summed E-state index contributed by atoms with van der Waals surface area (Å²) in [6, 6.07) is 0. The van der Waals surface area contributed by atoms with E-state index >= 15 is 0 Å². The molecule has 1 aromatic rings. The minimum atomic E-state index is 0.750. The van der Waals surface area contributed by atoms with E-state index in [1.165, 1.54) is 16.2 Å². The Labute approximate surface area is 63.5 Å². The molecular weight excluding hydrogens is 146 g/mol. The highest BCUT2D eigenvalue weighted by atomic mass is 32.1. The molecule has 52 valence electrons. The third kappa shape index (κ3) is 1.25. The molecule has 0 spiro atoms. The highest BCUT2D eigenvalue weighted by molar-refractivity contribution is 7.15. The van der Waals surface area contributed by atoms with E-state index in [2.05, 4.69) is 4.98 Å². The van der Waals surface area contributed by atoms with Crippen LogP contribution in [0.3, 0.4) is 0 Å². The van der Waals surface area contributed by atoms with Gasteiger partial charge in [-0.3, -0.25) is 4.90 Å². The van der Waals surface area contributed by atoms with Gasteiger partial charge in [0.25, 0.3) is 0 Å². The SMILES string of the molecule is Cc1cnc(N(C)C#N)s1. The van der Waals surface area contributed by atoms with Gasteiger partial charge in [0.05, 0.1) is 0 Å². The van der Waals surface area contributed by atoms with Crippen LogP contribution in [0.4, 0.5) is 5.13 Å². The van der Waals surface area contributed by atoms with Gasteiger partial charge in [0.15, 0.2) is 11.3 Å². The van der Waals surface area contributed by atoms with Gasteiger partial charge in [-0.25, -0.2) is 4.98 Å². The van der Waals surface area contributed by atoms with Crippen LogP contribution in [0.2, 0.25) is 0 Å². The highest BCUT2D eigenvalue weighted by Crippen LogP contribution is 2.19. The van der Waals surface area contributed by atoms with Gasteiger partial charge in [0.1, 0.15) is 0 Å². The molecule has 0 N–H and O–H groups in total. The summed E-state index contributed by atoms with van der Waals surface area (Å²) in [6.07, 6.45) is 3.73. The first-order chi connectivity index (χ1) is 4.74. The lowest BCUT2D eigenvalue weighted by molar-refractivity contribution is 1.17. The lowest BCUT2D eigenvalue weighted by atomic mass is 10.7. The molecule has 0 saturated heterocycles. The predicted molar refractivity (Wildman–Crippen MR) is 40.9 cm³/mol. The molecule has 0 unspecified atom stereocenters. The Kier molecular flexibility index (Phi) is 1.88. The Morgan fingerprint density at radius 2 is 2.50 bits per heavy atom. The molecule has 0 aromatic carbocycles. The monoisotopic (exact) mass is 153 g/mol. The smallest absolute Gasteiger partial charge is 0.198 e. The Morgan fingerprint density at radius 1 is 1.80 bits per heavy atom. The molecule has 0 radical (unpaired) electrons. The fourth-order valence-electron chi connectivity index (χ4n) is 0.541. The van der Waals surface area contributed by atoms with Crippen LogP contribution in [0, 0.1) is 18.4 Å². The summed E-state index contributed by atoms with van der Waals surface area (Å²) >= 11 is 1.51. The lowest BCUT2D eigenvalue weighted by Gasteiger charge is -2.00. The standard InChI is InChI=1S/C6H7N3S/c1-5-3-8-6(10-5)9(2)4-7/h3H,1-2H3. The van der Waals surface area contributed by atoms with Crippen molar-refractivity contribution in [2.75, 3.05) is 11.9 Å². The number of nitrogens with zero attached hydrogens (tertiary/aromatic N) is 3. The van der Waals surface area contributed by atoms with Crippen molar-refractivity contribution < 1.29 is 0 Å². The quantitative estimate of drug-likeness (QED) is 0.452. The molecule has 0 aliphatic carbocycles. The van der Waals surface area contributed by atoms with Gasteiger partial charge in [0, 0.05) is 18.1 Å². The first kappa shape index (κ1) is 7.03. The van der Waals surface area contributed by atoms with Crippen LogP contribution in [0.15, 0.2) is 6.20 Å². The van der Waals surface area contributed by atoms with Crippen molar-refractivity contribution in [2.45, 2.75) is 6.92 Å². The van der Waals surface area contributed by atoms with E-state index in [1.807, 2.05) is 13.1 Å². The van der Waals surface area contributed by atoms with Crippen LogP contribution < -0.4 is 4.90 Å². The number of hydrogen-bond donors (Lipinski definition) is 0. The van der Waals surface area contributed by atoms with E-state index in [0.717, 1.165) is 10.0 Å². The van der Waals surface area contributed by atoms with Crippen LogP contribution in [-0.2, 0) is 0 Å². The number of aromatic nitrogens is 1. The fraction of sp³-hybridized carbons (Fsp3) is 0.333. The van der Waals surface area contributed by atoms with Crippen molar-refractivity contribution in [3.8, 4) is 6.19 Å². The number of nitriles is 1. The fourth-order valence-corrected chi connectivity index (χ4v) is 1.22. The summed E-state index contributed by atoms with van der Waals surface area (Å²) in [4.78, 5) is 6.57. The Balaban J connectivity index is 2.87. The molecule has 0 aliphatic heterocycles. The van der Waals surface area contributed by atoms with Crippen molar-refractivity contribution >= 4 is 16.5 Å². The highest BCUT2D eigenvalue weighted by Gasteiger charge is 2.01. The van der Waals surface area contributed by atoms with Gasteiger partial charge in [0.2, 0.25) is 0 Å². The van der Waals surface area contributed by atoms with E-state index in [1.54, 1.807) is 13.2 Å². The van der Waals surface area contributed by atoms with Gasteiger partial charge >= 0.3 is 0 Å². The molecule has 1 aromatic heterocycles. The first-order valence-electron chi connectivity index (χ1n) is 2.80. The number of thiazole rings is 1. The van der Waals surface area contributed by atoms with E-state index in [9.17, 15) is 0 Å². The maximum atomic E-state index is 8.44. The Bertz CT molecular complexity index is 260. The molecular formula is C6H7N3S. The molecule has 0 fully saturated rings. The first-order valence-corrected chi connectivity index (χ1v) is 3.61. The topological polar surface area (TPSA) is 39.9 Å². The molecule has 4 heteroatoms. The van der Waals surface area contributed by atoms with Crippen molar-refractivity contribution in [3.63, 3.8) is 0 Å². The number of aryl methyl sites for hydroxylation is 1. The Morgan fingerprint density at radius 3 is 2.90 bits per heavy atom. The number of anilines is 1. The molecule has 0 saturated carbocycles. The number of rotatable bonds is 1. The van der Waals surface area contributed by atoms with E-state index < -0.39 is 0 Å². The van der Waals surface area contributed by atoms with Gasteiger partial charge < -0.3 is 0 Å².